The van der Waals surface area contributed by atoms with E-state index in [-0.39, 0.29) is 70.7 Å². The number of carbonyl (C=O) groups excluding carboxylic acids is 10. The van der Waals surface area contributed by atoms with Gasteiger partial charge in [0.05, 0.1) is 0 Å². The fraction of sp³-hybridized carbons (Fsp3) is 0.508. The summed E-state index contributed by atoms with van der Waals surface area (Å²) in [6.45, 7) is 19.5. The summed E-state index contributed by atoms with van der Waals surface area (Å²) in [5.41, 5.74) is 5.11. The number of aryl methyl sites for hydroxylation is 1. The minimum Gasteiger partial charge on any atom is -0.384 e. The van der Waals surface area contributed by atoms with E-state index in [4.69, 9.17) is 9.47 Å². The Bertz CT molecular complexity index is 2450. The molecule has 3 aliphatic carbocycles. The van der Waals surface area contributed by atoms with Crippen LogP contribution in [0.15, 0.2) is 72.8 Å². The summed E-state index contributed by atoms with van der Waals surface area (Å²) in [5, 5.41) is 0. The first-order valence-corrected chi connectivity index (χ1v) is 25.4. The topological polar surface area (TPSA) is 189 Å². The molecule has 0 bridgehead atoms. The quantitative estimate of drug-likeness (QED) is 0.0976. The van der Waals surface area contributed by atoms with Crippen molar-refractivity contribution in [1.29, 1.82) is 0 Å². The minimum atomic E-state index is -0.265. The van der Waals surface area contributed by atoms with E-state index in [1.54, 1.807) is 51.5 Å². The molecule has 2 saturated carbocycles. The Hall–Kier alpha value is -5.98. The number of hydrogen-bond donors (Lipinski definition) is 0. The molecule has 0 spiro atoms. The third-order valence-corrected chi connectivity index (χ3v) is 14.4. The Morgan fingerprint density at radius 1 is 0.548 bits per heavy atom. The van der Waals surface area contributed by atoms with Crippen LogP contribution in [0.2, 0.25) is 0 Å². The molecule has 0 radical (unpaired) electrons. The molecule has 12 heteroatoms. The summed E-state index contributed by atoms with van der Waals surface area (Å²) in [6, 6.07) is 17.5. The number of ether oxygens (including phenoxy) is 2. The number of benzene rings is 3. The Morgan fingerprint density at radius 3 is 1.42 bits per heavy atom. The first kappa shape index (κ1) is 63.1. The third-order valence-electron chi connectivity index (χ3n) is 14.4. The lowest BCUT2D eigenvalue weighted by Crippen LogP contribution is -2.51. The largest absolute Gasteiger partial charge is 0.384 e. The van der Waals surface area contributed by atoms with Gasteiger partial charge in [-0.15, -0.1) is 0 Å². The van der Waals surface area contributed by atoms with Crippen LogP contribution in [-0.2, 0) is 40.5 Å². The van der Waals surface area contributed by atoms with E-state index in [1.807, 2.05) is 6.07 Å². The smallest absolute Gasteiger partial charge is 0.163 e. The summed E-state index contributed by atoms with van der Waals surface area (Å²) in [7, 11) is 3.59. The molecule has 0 aliphatic heterocycles. The monoisotopic (exact) mass is 1010 g/mol. The highest BCUT2D eigenvalue weighted by Crippen LogP contribution is 2.57. The van der Waals surface area contributed by atoms with Crippen molar-refractivity contribution < 1.29 is 58.8 Å². The van der Waals surface area contributed by atoms with Crippen molar-refractivity contribution in [3.8, 4) is 0 Å². The Balaban J connectivity index is 0.000000492. The number of methoxy groups -OCH3 is 2. The van der Waals surface area contributed by atoms with Crippen molar-refractivity contribution in [2.75, 3.05) is 27.4 Å². The van der Waals surface area contributed by atoms with Crippen LogP contribution in [-0.4, -0.2) is 85.3 Å². The van der Waals surface area contributed by atoms with Crippen molar-refractivity contribution in [3.63, 3.8) is 0 Å². The lowest BCUT2D eigenvalue weighted by molar-refractivity contribution is -0.134. The predicted molar refractivity (Wildman–Crippen MR) is 287 cm³/mol. The normalized spacial score (nSPS) is 20.4. The summed E-state index contributed by atoms with van der Waals surface area (Å²) in [4.78, 5) is 112. The molecule has 2 fully saturated rings. The average Bonchev–Trinajstić information content (AvgIpc) is 3.33. The van der Waals surface area contributed by atoms with E-state index in [9.17, 15) is 47.9 Å². The van der Waals surface area contributed by atoms with Gasteiger partial charge in [-0.3, -0.25) is 43.2 Å². The maximum Gasteiger partial charge on any atom is 0.163 e. The van der Waals surface area contributed by atoms with Gasteiger partial charge in [0, 0.05) is 80.5 Å². The van der Waals surface area contributed by atoms with Gasteiger partial charge in [0.15, 0.2) is 46.3 Å². The van der Waals surface area contributed by atoms with Gasteiger partial charge in [-0.05, 0) is 178 Å². The zero-order valence-corrected chi connectivity index (χ0v) is 45.8. The molecule has 3 aliphatic rings. The molecule has 3 aromatic carbocycles. The van der Waals surface area contributed by atoms with Crippen LogP contribution in [0.4, 0.5) is 0 Å². The molecular weight excluding hydrogens is 925 g/mol. The second-order valence-electron chi connectivity index (χ2n) is 20.3. The second kappa shape index (κ2) is 30.3. The van der Waals surface area contributed by atoms with Crippen molar-refractivity contribution in [2.24, 2.45) is 23.2 Å². The van der Waals surface area contributed by atoms with Gasteiger partial charge < -0.3 is 14.3 Å². The molecule has 0 amide bonds. The third kappa shape index (κ3) is 19.4. The Morgan fingerprint density at radius 2 is 1.01 bits per heavy atom. The molecule has 3 unspecified atom stereocenters. The van der Waals surface area contributed by atoms with Gasteiger partial charge in [0.2, 0.25) is 0 Å². The first-order valence-electron chi connectivity index (χ1n) is 25.4. The molecule has 73 heavy (non-hydrogen) atoms. The molecule has 6 rings (SSSR count). The highest BCUT2D eigenvalue weighted by molar-refractivity contribution is 6.09. The van der Waals surface area contributed by atoms with Gasteiger partial charge in [0.1, 0.15) is 11.6 Å². The summed E-state index contributed by atoms with van der Waals surface area (Å²) >= 11 is 0. The van der Waals surface area contributed by atoms with Crippen LogP contribution < -0.4 is 0 Å². The van der Waals surface area contributed by atoms with Gasteiger partial charge in [0.25, 0.3) is 0 Å². The van der Waals surface area contributed by atoms with Gasteiger partial charge in [-0.1, -0.05) is 62.7 Å². The van der Waals surface area contributed by atoms with Crippen LogP contribution in [0, 0.1) is 23.2 Å². The lowest BCUT2D eigenvalue weighted by Gasteiger charge is -2.54. The van der Waals surface area contributed by atoms with E-state index in [0.29, 0.717) is 51.5 Å². The SMILES string of the molecule is CC(=O)/C=C\C(C)=O.CC(=O)CCC(=O)c1ccc2c(c1)C1(C)CCCC(C)(C(C)=O)C1CC2.CC(=O)c1ccc(C(C)=O)c(C(C)=O)c1.CC(=O)c1ccccc1C(C)=O.COCC1CCC(COC)CC1.[HH]. The van der Waals surface area contributed by atoms with Gasteiger partial charge in [-0.2, -0.15) is 0 Å². The standard InChI is InChI=1S/C23H30O3.C12H12O3.C10H20O2.C10H10O2.C6H8O2.H2/c1-15(24)6-10-20(26)18-8-7-17-9-11-21-22(3,16(2)25)12-5-13-23(21,4)19(17)14-18;1-7(13)10-4-5-11(8(2)14)12(6-10)9(3)15;1-11-7-9-3-5-10(6-4-9)8-12-2;1-7(11)9-5-3-4-6-10(9)8(2)12;1-5(7)3-4-6(2)8;/h7-8,14,21H,5-6,9-13H2,1-4H3;4-6H,1-3H3;9-10H,3-8H2,1-2H3;3-6H,1-2H3;3-4H,1-2H3;1H/b;;;;4-3-;. The zero-order valence-electron chi connectivity index (χ0n) is 45.8. The number of ketones is 10. The highest BCUT2D eigenvalue weighted by Gasteiger charge is 2.53. The van der Waals surface area contributed by atoms with Crippen LogP contribution in [0.25, 0.3) is 0 Å². The minimum absolute atomic E-state index is 0. The van der Waals surface area contributed by atoms with Crippen LogP contribution in [0.1, 0.15) is 215 Å². The number of carbonyl (C=O) groups is 10. The zero-order chi connectivity index (χ0) is 55.2. The Labute approximate surface area is 435 Å². The van der Waals surface area contributed by atoms with Gasteiger partial charge >= 0.3 is 0 Å². The molecule has 3 aromatic rings. The fourth-order valence-corrected chi connectivity index (χ4v) is 10.2. The highest BCUT2D eigenvalue weighted by atomic mass is 16.5. The van der Waals surface area contributed by atoms with Crippen molar-refractivity contribution in [2.45, 2.75) is 152 Å². The van der Waals surface area contributed by atoms with Crippen molar-refractivity contribution in [1.82, 2.24) is 0 Å². The molecule has 0 heterocycles. The Kier molecular flexibility index (Phi) is 26.2. The second-order valence-corrected chi connectivity index (χ2v) is 20.3. The average molecular weight is 1010 g/mol. The van der Waals surface area contributed by atoms with E-state index in [0.717, 1.165) is 57.2 Å². The first-order chi connectivity index (χ1) is 34.2. The van der Waals surface area contributed by atoms with E-state index in [1.165, 1.54) is 116 Å². The van der Waals surface area contributed by atoms with Crippen LogP contribution >= 0.6 is 0 Å². The van der Waals surface area contributed by atoms with E-state index < -0.39 is 0 Å². The summed E-state index contributed by atoms with van der Waals surface area (Å²) in [5.74, 6) is 1.51. The number of rotatable bonds is 16. The van der Waals surface area contributed by atoms with Crippen molar-refractivity contribution in [3.05, 3.63) is 117 Å². The number of fused-ring (bicyclic) bond motifs is 3. The molecule has 0 aromatic heterocycles. The molecule has 398 valence electrons. The molecule has 0 N–H and O–H groups in total. The van der Waals surface area contributed by atoms with E-state index >= 15 is 0 Å². The number of Topliss-reactive ketones (excluding diaryl/α,β-unsaturated/α-hetero) is 8. The van der Waals surface area contributed by atoms with Crippen LogP contribution in [0.5, 0.6) is 0 Å². The maximum absolute atomic E-state index is 12.5. The van der Waals surface area contributed by atoms with Crippen LogP contribution in [0.3, 0.4) is 0 Å². The molecule has 0 saturated heterocycles. The van der Waals surface area contributed by atoms with E-state index in [2.05, 4.69) is 26.0 Å². The van der Waals surface area contributed by atoms with Crippen molar-refractivity contribution >= 4 is 57.8 Å². The maximum atomic E-state index is 12.5. The fourth-order valence-electron chi connectivity index (χ4n) is 10.2. The summed E-state index contributed by atoms with van der Waals surface area (Å²) in [6.07, 6.45) is 13.5. The molecular formula is C61H82O12. The molecule has 12 nitrogen and oxygen atoms in total. The lowest BCUT2D eigenvalue weighted by atomic mass is 9.49. The number of hydrogen-bond acceptors (Lipinski definition) is 12. The summed E-state index contributed by atoms with van der Waals surface area (Å²) < 4.78 is 10.3. The van der Waals surface area contributed by atoms with Gasteiger partial charge in [-0.25, -0.2) is 0 Å². The molecule has 3 atom stereocenters. The predicted octanol–water partition coefficient (Wildman–Crippen LogP) is 12.3. The number of allylic oxidation sites excluding steroid dienone is 2.